The van der Waals surface area contributed by atoms with Gasteiger partial charge >= 0.3 is 0 Å². The van der Waals surface area contributed by atoms with Crippen molar-refractivity contribution in [3.05, 3.63) is 54.1 Å². The van der Waals surface area contributed by atoms with E-state index in [1.54, 1.807) is 0 Å². The van der Waals surface area contributed by atoms with Crippen molar-refractivity contribution in [2.75, 3.05) is 12.1 Å². The van der Waals surface area contributed by atoms with Gasteiger partial charge in [0.25, 0.3) is 0 Å². The quantitative estimate of drug-likeness (QED) is 0.592. The van der Waals surface area contributed by atoms with E-state index in [4.69, 9.17) is 9.47 Å². The predicted molar refractivity (Wildman–Crippen MR) is 122 cm³/mol. The summed E-state index contributed by atoms with van der Waals surface area (Å²) in [6, 6.07) is 14.3. The first-order valence-electron chi connectivity index (χ1n) is 10.2. The van der Waals surface area contributed by atoms with E-state index < -0.39 is 11.5 Å². The first kappa shape index (κ1) is 21.8. The molecule has 2 amide bonds. The third-order valence-electron chi connectivity index (χ3n) is 4.86. The van der Waals surface area contributed by atoms with E-state index in [0.717, 1.165) is 11.1 Å². The Morgan fingerprint density at radius 2 is 1.81 bits per heavy atom. The Labute approximate surface area is 190 Å². The number of hydrogen-bond donors (Lipinski definition) is 2. The SMILES string of the molecule is CC(C)(C)C(=O)NC(Cc1ccccc1)C(=O)Nc1nnc(-c2ccc3c(c2)OCO3)s1. The van der Waals surface area contributed by atoms with Gasteiger partial charge in [-0.25, -0.2) is 0 Å². The number of carbonyl (C=O) groups excluding carboxylic acids is 2. The fourth-order valence-corrected chi connectivity index (χ4v) is 3.79. The standard InChI is InChI=1S/C23H24N4O4S/c1-23(2,3)21(29)24-16(11-14-7-5-4-6-8-14)19(28)25-22-27-26-20(32-22)15-9-10-17-18(12-15)31-13-30-17/h4-10,12,16H,11,13H2,1-3H3,(H,24,29)(H,25,27,28). The highest BCUT2D eigenvalue weighted by molar-refractivity contribution is 7.18. The van der Waals surface area contributed by atoms with Crippen molar-refractivity contribution in [1.82, 2.24) is 15.5 Å². The second-order valence-corrected chi connectivity index (χ2v) is 9.41. The highest BCUT2D eigenvalue weighted by Gasteiger charge is 2.28. The maximum absolute atomic E-state index is 13.1. The predicted octanol–water partition coefficient (Wildman–Crippen LogP) is 3.65. The Morgan fingerprint density at radius 3 is 2.56 bits per heavy atom. The van der Waals surface area contributed by atoms with Crippen LogP contribution in [0.5, 0.6) is 11.5 Å². The summed E-state index contributed by atoms with van der Waals surface area (Å²) in [7, 11) is 0. The number of amides is 2. The average molecular weight is 453 g/mol. The molecular formula is C23H24N4O4S. The summed E-state index contributed by atoms with van der Waals surface area (Å²) in [5, 5.41) is 14.9. The molecule has 1 aliphatic heterocycles. The van der Waals surface area contributed by atoms with Crippen LogP contribution in [0.15, 0.2) is 48.5 Å². The summed E-state index contributed by atoms with van der Waals surface area (Å²) in [4.78, 5) is 25.6. The summed E-state index contributed by atoms with van der Waals surface area (Å²) >= 11 is 1.24. The van der Waals surface area contributed by atoms with Gasteiger partial charge in [0, 0.05) is 17.4 Å². The fraction of sp³-hybridized carbons (Fsp3) is 0.304. The Hall–Kier alpha value is -3.46. The molecule has 0 bridgehead atoms. The molecule has 1 aromatic heterocycles. The number of rotatable bonds is 6. The number of hydrogen-bond acceptors (Lipinski definition) is 7. The van der Waals surface area contributed by atoms with Gasteiger partial charge in [0.1, 0.15) is 11.0 Å². The number of nitrogens with one attached hydrogen (secondary N) is 2. The lowest BCUT2D eigenvalue weighted by molar-refractivity contribution is -0.132. The zero-order valence-electron chi connectivity index (χ0n) is 18.0. The second-order valence-electron chi connectivity index (χ2n) is 8.44. The normalized spacial score (nSPS) is 13.5. The smallest absolute Gasteiger partial charge is 0.249 e. The van der Waals surface area contributed by atoms with Crippen LogP contribution >= 0.6 is 11.3 Å². The van der Waals surface area contributed by atoms with Crippen molar-refractivity contribution >= 4 is 28.3 Å². The van der Waals surface area contributed by atoms with Crippen LogP contribution in [0.3, 0.4) is 0 Å². The summed E-state index contributed by atoms with van der Waals surface area (Å²) in [5.74, 6) is 0.785. The summed E-state index contributed by atoms with van der Waals surface area (Å²) in [6.07, 6.45) is 0.363. The highest BCUT2D eigenvalue weighted by atomic mass is 32.1. The molecule has 0 fully saturated rings. The van der Waals surface area contributed by atoms with Crippen molar-refractivity contribution in [1.29, 1.82) is 0 Å². The van der Waals surface area contributed by atoms with Gasteiger partial charge < -0.3 is 14.8 Å². The Morgan fingerprint density at radius 1 is 1.06 bits per heavy atom. The average Bonchev–Trinajstić information content (AvgIpc) is 3.42. The lowest BCUT2D eigenvalue weighted by atomic mass is 9.94. The lowest BCUT2D eigenvalue weighted by Gasteiger charge is -2.23. The summed E-state index contributed by atoms with van der Waals surface area (Å²) < 4.78 is 10.7. The van der Waals surface area contributed by atoms with E-state index in [1.807, 2.05) is 69.3 Å². The van der Waals surface area contributed by atoms with Crippen LogP contribution in [-0.4, -0.2) is 34.8 Å². The minimum atomic E-state index is -0.748. The maximum atomic E-state index is 13.1. The number of nitrogens with zero attached hydrogens (tertiary/aromatic N) is 2. The van der Waals surface area contributed by atoms with Crippen LogP contribution in [-0.2, 0) is 16.0 Å². The zero-order chi connectivity index (χ0) is 22.7. The molecule has 3 aromatic rings. The van der Waals surface area contributed by atoms with Crippen LogP contribution in [0.2, 0.25) is 0 Å². The third-order valence-corrected chi connectivity index (χ3v) is 5.75. The number of ether oxygens (including phenoxy) is 2. The van der Waals surface area contributed by atoms with Crippen LogP contribution in [0.25, 0.3) is 10.6 Å². The van der Waals surface area contributed by atoms with E-state index in [2.05, 4.69) is 20.8 Å². The summed E-state index contributed by atoms with van der Waals surface area (Å²) in [6.45, 7) is 5.62. The van der Waals surface area contributed by atoms with Gasteiger partial charge in [-0.2, -0.15) is 0 Å². The molecule has 2 N–H and O–H groups in total. The van der Waals surface area contributed by atoms with E-state index in [9.17, 15) is 9.59 Å². The van der Waals surface area contributed by atoms with Gasteiger partial charge in [-0.3, -0.25) is 14.9 Å². The molecule has 4 rings (SSSR count). The molecule has 1 aliphatic rings. The maximum Gasteiger partial charge on any atom is 0.249 e. The first-order chi connectivity index (χ1) is 15.3. The van der Waals surface area contributed by atoms with Gasteiger partial charge in [0.05, 0.1) is 0 Å². The fourth-order valence-electron chi connectivity index (χ4n) is 3.05. The molecule has 166 valence electrons. The minimum absolute atomic E-state index is 0.194. The van der Waals surface area contributed by atoms with Gasteiger partial charge in [-0.15, -0.1) is 10.2 Å². The molecule has 32 heavy (non-hydrogen) atoms. The lowest BCUT2D eigenvalue weighted by Crippen LogP contribution is -2.48. The molecule has 2 heterocycles. The Kier molecular flexibility index (Phi) is 6.09. The molecule has 0 aliphatic carbocycles. The van der Waals surface area contributed by atoms with E-state index in [0.29, 0.717) is 28.1 Å². The molecule has 9 heteroatoms. The van der Waals surface area contributed by atoms with Gasteiger partial charge in [-0.1, -0.05) is 62.4 Å². The first-order valence-corrected chi connectivity index (χ1v) is 11.0. The van der Waals surface area contributed by atoms with Crippen LogP contribution in [0.1, 0.15) is 26.3 Å². The Balaban J connectivity index is 1.49. The zero-order valence-corrected chi connectivity index (χ0v) is 18.9. The largest absolute Gasteiger partial charge is 0.454 e. The molecule has 0 saturated heterocycles. The van der Waals surface area contributed by atoms with Crippen molar-refractivity contribution in [2.45, 2.75) is 33.2 Å². The molecule has 1 atom stereocenters. The summed E-state index contributed by atoms with van der Waals surface area (Å²) in [5.41, 5.74) is 1.14. The molecule has 0 spiro atoms. The van der Waals surface area contributed by atoms with Crippen molar-refractivity contribution in [3.63, 3.8) is 0 Å². The van der Waals surface area contributed by atoms with E-state index >= 15 is 0 Å². The monoisotopic (exact) mass is 452 g/mol. The number of benzene rings is 2. The minimum Gasteiger partial charge on any atom is -0.454 e. The number of anilines is 1. The van der Waals surface area contributed by atoms with Crippen molar-refractivity contribution < 1.29 is 19.1 Å². The highest BCUT2D eigenvalue weighted by Crippen LogP contribution is 2.37. The molecule has 8 nitrogen and oxygen atoms in total. The molecule has 0 saturated carbocycles. The Bertz CT molecular complexity index is 1120. The van der Waals surface area contributed by atoms with Crippen molar-refractivity contribution in [2.24, 2.45) is 5.41 Å². The molecular weight excluding hydrogens is 428 g/mol. The van der Waals surface area contributed by atoms with Crippen LogP contribution < -0.4 is 20.1 Å². The van der Waals surface area contributed by atoms with E-state index in [-0.39, 0.29) is 18.6 Å². The number of fused-ring (bicyclic) bond motifs is 1. The molecule has 0 radical (unpaired) electrons. The number of aromatic nitrogens is 2. The van der Waals surface area contributed by atoms with E-state index in [1.165, 1.54) is 11.3 Å². The second kappa shape index (κ2) is 8.96. The van der Waals surface area contributed by atoms with Gasteiger partial charge in [0.15, 0.2) is 11.5 Å². The third kappa shape index (κ3) is 5.05. The molecule has 1 unspecified atom stereocenters. The van der Waals surface area contributed by atoms with Crippen LogP contribution in [0, 0.1) is 5.41 Å². The molecule has 2 aromatic carbocycles. The topological polar surface area (TPSA) is 102 Å². The number of carbonyl (C=O) groups is 2. The van der Waals surface area contributed by atoms with Crippen molar-refractivity contribution in [3.8, 4) is 22.1 Å². The van der Waals surface area contributed by atoms with Crippen LogP contribution in [0.4, 0.5) is 5.13 Å². The van der Waals surface area contributed by atoms with Gasteiger partial charge in [0.2, 0.25) is 23.7 Å². The van der Waals surface area contributed by atoms with Gasteiger partial charge in [-0.05, 0) is 23.8 Å².